The van der Waals surface area contributed by atoms with Crippen LogP contribution in [-0.2, 0) is 0 Å². The lowest BCUT2D eigenvalue weighted by molar-refractivity contribution is 0.179. The van der Waals surface area contributed by atoms with Gasteiger partial charge in [0.2, 0.25) is 0 Å². The van der Waals surface area contributed by atoms with Crippen molar-refractivity contribution in [3.8, 4) is 5.75 Å². The first-order chi connectivity index (χ1) is 10.4. The summed E-state index contributed by atoms with van der Waals surface area (Å²) in [5.41, 5.74) is 1.68. The lowest BCUT2D eigenvalue weighted by Crippen LogP contribution is -2.42. The highest BCUT2D eigenvalue weighted by molar-refractivity contribution is 8.22. The van der Waals surface area contributed by atoms with Gasteiger partial charge in [-0.25, -0.2) is 0 Å². The molecular formula is C16H28NO4S+. The van der Waals surface area contributed by atoms with E-state index in [1.165, 1.54) is 0 Å². The van der Waals surface area contributed by atoms with E-state index in [-0.39, 0.29) is 6.04 Å². The number of ether oxygens (including phenoxy) is 1. The molecule has 126 valence electrons. The number of hydrogen-bond donors (Lipinski definition) is 2. The molecule has 1 fully saturated rings. The van der Waals surface area contributed by atoms with Crippen LogP contribution >= 0.6 is 10.8 Å². The molecule has 6 heteroatoms. The van der Waals surface area contributed by atoms with Crippen molar-refractivity contribution < 1.29 is 18.9 Å². The molecule has 2 rings (SSSR count). The predicted octanol–water partition coefficient (Wildman–Crippen LogP) is 3.31. The summed E-state index contributed by atoms with van der Waals surface area (Å²) in [6, 6.07) is 3.78. The van der Waals surface area contributed by atoms with Crippen LogP contribution in [0.15, 0.2) is 17.0 Å². The van der Waals surface area contributed by atoms with Gasteiger partial charge in [0.15, 0.2) is 0 Å². The van der Waals surface area contributed by atoms with Crippen molar-refractivity contribution in [3.63, 3.8) is 0 Å². The van der Waals surface area contributed by atoms with Crippen LogP contribution in [0.1, 0.15) is 36.8 Å². The molecule has 4 N–H and O–H groups in total. The van der Waals surface area contributed by atoms with Crippen LogP contribution in [0, 0.1) is 13.8 Å². The molecule has 1 aliphatic heterocycles. The lowest BCUT2D eigenvalue weighted by atomic mass is 10.0. The summed E-state index contributed by atoms with van der Waals surface area (Å²) >= 11 is 0. The molecule has 0 spiro atoms. The minimum absolute atomic E-state index is 0.0807. The normalized spacial score (nSPS) is 20.9. The van der Waals surface area contributed by atoms with Crippen LogP contribution < -0.4 is 4.74 Å². The van der Waals surface area contributed by atoms with E-state index >= 15 is 0 Å². The Morgan fingerprint density at radius 3 is 2.45 bits per heavy atom. The first-order valence-electron chi connectivity index (χ1n) is 7.76. The van der Waals surface area contributed by atoms with E-state index in [2.05, 4.69) is 0 Å². The highest BCUT2D eigenvalue weighted by Crippen LogP contribution is 2.57. The van der Waals surface area contributed by atoms with Gasteiger partial charge in [-0.15, -0.1) is 10.8 Å². The number of methoxy groups -OCH3 is 1. The van der Waals surface area contributed by atoms with Crippen molar-refractivity contribution in [1.82, 2.24) is 4.31 Å². The average Bonchev–Trinajstić information content (AvgIpc) is 2.47. The highest BCUT2D eigenvalue weighted by Gasteiger charge is 2.35. The maximum absolute atomic E-state index is 11.0. The topological polar surface area (TPSA) is 75.8 Å². The van der Waals surface area contributed by atoms with Gasteiger partial charge in [-0.2, -0.15) is 4.31 Å². The van der Waals surface area contributed by atoms with E-state index in [9.17, 15) is 9.11 Å². The second-order valence-electron chi connectivity index (χ2n) is 5.94. The lowest BCUT2D eigenvalue weighted by Gasteiger charge is -2.49. The Kier molecular flexibility index (Phi) is 5.74. The van der Waals surface area contributed by atoms with Gasteiger partial charge in [-0.05, 0) is 49.9 Å². The van der Waals surface area contributed by atoms with E-state index in [0.29, 0.717) is 24.5 Å². The molecular weight excluding hydrogens is 302 g/mol. The quantitative estimate of drug-likeness (QED) is 0.812. The Labute approximate surface area is 134 Å². The Morgan fingerprint density at radius 2 is 1.91 bits per heavy atom. The molecule has 5 nitrogen and oxygen atoms in total. The second-order valence-corrected chi connectivity index (χ2v) is 7.85. The van der Waals surface area contributed by atoms with Crippen molar-refractivity contribution in [2.24, 2.45) is 0 Å². The van der Waals surface area contributed by atoms with Gasteiger partial charge in [0.1, 0.15) is 12.4 Å². The van der Waals surface area contributed by atoms with Crippen LogP contribution in [0.4, 0.5) is 0 Å². The van der Waals surface area contributed by atoms with E-state index in [1.54, 1.807) is 7.11 Å². The zero-order valence-corrected chi connectivity index (χ0v) is 14.4. The third-order valence-corrected chi connectivity index (χ3v) is 6.65. The largest absolute Gasteiger partial charge is 0.497 e. The summed E-state index contributed by atoms with van der Waals surface area (Å²) < 4.78 is 29.1. The zero-order valence-electron chi connectivity index (χ0n) is 13.6. The summed E-state index contributed by atoms with van der Waals surface area (Å²) in [5, 5.41) is 7.48. The van der Waals surface area contributed by atoms with Crippen LogP contribution in [0.5, 0.6) is 5.75 Å². The van der Waals surface area contributed by atoms with Crippen LogP contribution in [-0.4, -0.2) is 44.8 Å². The highest BCUT2D eigenvalue weighted by atomic mass is 32.3. The molecule has 0 amide bonds. The summed E-state index contributed by atoms with van der Waals surface area (Å²) in [6.45, 7) is 4.78. The summed E-state index contributed by atoms with van der Waals surface area (Å²) in [5.74, 6) is 0.732. The van der Waals surface area contributed by atoms with E-state index in [0.717, 1.165) is 36.1 Å². The standard InChI is InChI=1S/C16H27NO4S/c1-12-10-15(21-3)11-13(2)16(12)22(19,20)17-8-5-4-6-14(17)7-9-18/h10-11,14,18-20H,4-9H2,1-3H3/p+1. The van der Waals surface area contributed by atoms with Crippen molar-refractivity contribution in [2.75, 3.05) is 20.3 Å². The van der Waals surface area contributed by atoms with Crippen molar-refractivity contribution >= 4 is 10.8 Å². The first kappa shape index (κ1) is 17.6. The number of aryl methyl sites for hydroxylation is 2. The molecule has 22 heavy (non-hydrogen) atoms. The SMILES string of the molecule is COc1cc(C)c(S(O)(O)N2CCCCC2CC[OH2+])c(C)c1. The molecule has 0 saturated carbocycles. The van der Waals surface area contributed by atoms with Gasteiger partial charge < -0.3 is 9.84 Å². The van der Waals surface area contributed by atoms with Crippen molar-refractivity contribution in [2.45, 2.75) is 50.5 Å². The molecule has 0 radical (unpaired) electrons. The molecule has 1 aliphatic rings. The third kappa shape index (κ3) is 3.41. The average molecular weight is 330 g/mol. The number of piperidine rings is 1. The van der Waals surface area contributed by atoms with Crippen LogP contribution in [0.25, 0.3) is 0 Å². The smallest absolute Gasteiger partial charge is 0.145 e. The molecule has 1 aromatic carbocycles. The zero-order chi connectivity index (χ0) is 16.3. The maximum Gasteiger partial charge on any atom is 0.145 e. The molecule has 0 bridgehead atoms. The van der Waals surface area contributed by atoms with Gasteiger partial charge in [0, 0.05) is 19.0 Å². The Balaban J connectivity index is 2.40. The van der Waals surface area contributed by atoms with Gasteiger partial charge in [-0.1, -0.05) is 6.42 Å². The Morgan fingerprint density at radius 1 is 1.27 bits per heavy atom. The van der Waals surface area contributed by atoms with Crippen LogP contribution in [0.2, 0.25) is 0 Å². The fourth-order valence-corrected chi connectivity index (χ4v) is 5.57. The van der Waals surface area contributed by atoms with E-state index < -0.39 is 10.8 Å². The van der Waals surface area contributed by atoms with Gasteiger partial charge in [-0.3, -0.25) is 9.11 Å². The number of nitrogens with zero attached hydrogens (tertiary/aromatic N) is 1. The molecule has 0 aliphatic carbocycles. The molecule has 1 heterocycles. The monoisotopic (exact) mass is 330 g/mol. The van der Waals surface area contributed by atoms with E-state index in [4.69, 9.17) is 9.84 Å². The molecule has 1 saturated heterocycles. The fourth-order valence-electron chi connectivity index (χ4n) is 3.34. The number of hydrogen-bond acceptors (Lipinski definition) is 4. The maximum atomic E-state index is 11.0. The van der Waals surface area contributed by atoms with Gasteiger partial charge >= 0.3 is 0 Å². The molecule has 1 aromatic rings. The second kappa shape index (κ2) is 7.19. The van der Waals surface area contributed by atoms with Gasteiger partial charge in [0.25, 0.3) is 0 Å². The Bertz CT molecular complexity index is 496. The molecule has 0 aromatic heterocycles. The minimum Gasteiger partial charge on any atom is -0.497 e. The summed E-state index contributed by atoms with van der Waals surface area (Å²) in [7, 11) is -1.41. The van der Waals surface area contributed by atoms with E-state index in [1.807, 2.05) is 30.3 Å². The first-order valence-corrected chi connectivity index (χ1v) is 9.27. The predicted molar refractivity (Wildman–Crippen MR) is 91.0 cm³/mol. The number of benzene rings is 1. The van der Waals surface area contributed by atoms with Crippen molar-refractivity contribution in [1.29, 1.82) is 0 Å². The van der Waals surface area contributed by atoms with Crippen molar-refractivity contribution in [3.05, 3.63) is 23.3 Å². The number of rotatable bonds is 5. The molecule has 1 unspecified atom stereocenters. The molecule has 1 atom stereocenters. The van der Waals surface area contributed by atoms with Crippen LogP contribution in [0.3, 0.4) is 0 Å². The fraction of sp³-hybridized carbons (Fsp3) is 0.625. The Hall–Kier alpha value is -0.790. The van der Waals surface area contributed by atoms with Gasteiger partial charge in [0.05, 0.1) is 12.0 Å². The minimum atomic E-state index is -3.03. The summed E-state index contributed by atoms with van der Waals surface area (Å²) in [4.78, 5) is 0.616. The third-order valence-electron chi connectivity index (χ3n) is 4.32. The summed E-state index contributed by atoms with van der Waals surface area (Å²) in [6.07, 6.45) is 3.68.